The van der Waals surface area contributed by atoms with E-state index in [9.17, 15) is 18.0 Å². The van der Waals surface area contributed by atoms with Crippen LogP contribution in [0, 0.1) is 0 Å². The van der Waals surface area contributed by atoms with Gasteiger partial charge in [0.2, 0.25) is 21.8 Å². The minimum Gasteiger partial charge on any atom is -0.354 e. The third kappa shape index (κ3) is 9.08. The van der Waals surface area contributed by atoms with Gasteiger partial charge >= 0.3 is 0 Å². The minimum atomic E-state index is -3.82. The van der Waals surface area contributed by atoms with Crippen molar-refractivity contribution < 1.29 is 18.0 Å². The molecule has 1 atom stereocenters. The van der Waals surface area contributed by atoms with Crippen LogP contribution in [0.25, 0.3) is 0 Å². The van der Waals surface area contributed by atoms with Crippen molar-refractivity contribution in [2.24, 2.45) is 0 Å². The summed E-state index contributed by atoms with van der Waals surface area (Å²) < 4.78 is 27.4. The molecule has 0 saturated carbocycles. The second-order valence-corrected chi connectivity index (χ2v) is 12.4. The molecule has 0 aliphatic carbocycles. The maximum Gasteiger partial charge on any atom is 0.244 e. The number of carbonyl (C=O) groups is 2. The van der Waals surface area contributed by atoms with Gasteiger partial charge in [-0.1, -0.05) is 89.4 Å². The van der Waals surface area contributed by atoms with Crippen LogP contribution in [0.1, 0.15) is 30.9 Å². The Balaban J connectivity index is 2.03. The number of sulfonamides is 1. The molecular weight excluding hydrogens is 602 g/mol. The molecule has 3 rings (SSSR count). The number of nitrogens with zero attached hydrogens (tertiary/aromatic N) is 2. The lowest BCUT2D eigenvalue weighted by atomic mass is 10.0. The highest BCUT2D eigenvalue weighted by Crippen LogP contribution is 2.24. The SMILES string of the molecule is CCCCNC(=O)[C@H](Cc1ccccc1)N(Cc1ccccc1Cl)C(=O)CN(c1ccc(Br)cc1)S(C)(=O)=O. The molecule has 7 nitrogen and oxygen atoms in total. The van der Waals surface area contributed by atoms with Crippen LogP contribution in [0.15, 0.2) is 83.3 Å². The first-order chi connectivity index (χ1) is 18.6. The van der Waals surface area contributed by atoms with Gasteiger partial charge in [0, 0.05) is 29.0 Å². The number of anilines is 1. The minimum absolute atomic E-state index is 0.0368. The van der Waals surface area contributed by atoms with E-state index in [1.165, 1.54) is 4.90 Å². The standard InChI is InChI=1S/C29H33BrClN3O4S/c1-3-4-18-32-29(36)27(19-22-10-6-5-7-11-22)33(20-23-12-8-9-13-26(23)31)28(35)21-34(39(2,37)38)25-16-14-24(30)15-17-25/h5-17,27H,3-4,18-21H2,1-2H3,(H,32,36)/t27-/m0/s1. The van der Waals surface area contributed by atoms with Crippen molar-refractivity contribution in [2.45, 2.75) is 38.8 Å². The van der Waals surface area contributed by atoms with Gasteiger partial charge in [-0.3, -0.25) is 13.9 Å². The summed E-state index contributed by atoms with van der Waals surface area (Å²) in [6.07, 6.45) is 3.02. The van der Waals surface area contributed by atoms with E-state index in [1.807, 2.05) is 43.3 Å². The predicted molar refractivity (Wildman–Crippen MR) is 160 cm³/mol. The van der Waals surface area contributed by atoms with Crippen LogP contribution in [-0.2, 0) is 32.6 Å². The molecule has 39 heavy (non-hydrogen) atoms. The van der Waals surface area contributed by atoms with Crippen LogP contribution < -0.4 is 9.62 Å². The van der Waals surface area contributed by atoms with Crippen LogP contribution in [0.3, 0.4) is 0 Å². The van der Waals surface area contributed by atoms with E-state index in [4.69, 9.17) is 11.6 Å². The molecule has 3 aromatic rings. The molecule has 0 aromatic heterocycles. The summed E-state index contributed by atoms with van der Waals surface area (Å²) >= 11 is 9.81. The highest BCUT2D eigenvalue weighted by Gasteiger charge is 2.33. The maximum absolute atomic E-state index is 14.0. The molecule has 0 aliphatic heterocycles. The van der Waals surface area contributed by atoms with Crippen LogP contribution in [0.2, 0.25) is 5.02 Å². The average Bonchev–Trinajstić information content (AvgIpc) is 2.91. The zero-order valence-electron chi connectivity index (χ0n) is 22.0. The van der Waals surface area contributed by atoms with Gasteiger partial charge in [0.25, 0.3) is 0 Å². The van der Waals surface area contributed by atoms with E-state index in [-0.39, 0.29) is 18.9 Å². The molecule has 1 N–H and O–H groups in total. The Labute approximate surface area is 244 Å². The topological polar surface area (TPSA) is 86.8 Å². The fourth-order valence-electron chi connectivity index (χ4n) is 4.09. The van der Waals surface area contributed by atoms with Gasteiger partial charge in [-0.25, -0.2) is 8.42 Å². The summed E-state index contributed by atoms with van der Waals surface area (Å²) in [5.41, 5.74) is 1.87. The molecule has 3 aromatic carbocycles. The Morgan fingerprint density at radius 1 is 0.974 bits per heavy atom. The van der Waals surface area contributed by atoms with Crippen LogP contribution in [0.5, 0.6) is 0 Å². The smallest absolute Gasteiger partial charge is 0.244 e. The summed E-state index contributed by atoms with van der Waals surface area (Å²) in [5, 5.41) is 3.41. The molecule has 0 unspecified atom stereocenters. The summed E-state index contributed by atoms with van der Waals surface area (Å²) in [6, 6.07) is 22.3. The molecule has 0 saturated heterocycles. The molecule has 10 heteroatoms. The van der Waals surface area contributed by atoms with Gasteiger partial charge in [-0.05, 0) is 47.9 Å². The highest BCUT2D eigenvalue weighted by atomic mass is 79.9. The third-order valence-corrected chi connectivity index (χ3v) is 8.23. The molecule has 0 aliphatic rings. The zero-order valence-corrected chi connectivity index (χ0v) is 25.2. The molecule has 2 amide bonds. The molecule has 208 valence electrons. The average molecular weight is 635 g/mol. The van der Waals surface area contributed by atoms with Crippen molar-refractivity contribution in [3.8, 4) is 0 Å². The van der Waals surface area contributed by atoms with E-state index < -0.39 is 28.5 Å². The number of amides is 2. The van der Waals surface area contributed by atoms with Crippen molar-refractivity contribution in [3.63, 3.8) is 0 Å². The van der Waals surface area contributed by atoms with E-state index in [1.54, 1.807) is 42.5 Å². The molecule has 0 heterocycles. The van der Waals surface area contributed by atoms with Crippen molar-refractivity contribution in [1.29, 1.82) is 0 Å². The number of carbonyl (C=O) groups excluding carboxylic acids is 2. The number of hydrogen-bond donors (Lipinski definition) is 1. The quantitative estimate of drug-likeness (QED) is 0.254. The normalized spacial score (nSPS) is 12.0. The Hall–Kier alpha value is -2.88. The Kier molecular flexibility index (Phi) is 11.4. The van der Waals surface area contributed by atoms with Crippen LogP contribution in [-0.4, -0.2) is 50.5 Å². The second kappa shape index (κ2) is 14.5. The van der Waals surface area contributed by atoms with E-state index in [0.29, 0.717) is 22.8 Å². The van der Waals surface area contributed by atoms with Gasteiger partial charge < -0.3 is 10.2 Å². The van der Waals surface area contributed by atoms with Gasteiger partial charge in [0.15, 0.2) is 0 Å². The van der Waals surface area contributed by atoms with Gasteiger partial charge in [-0.2, -0.15) is 0 Å². The molecule has 0 radical (unpaired) electrons. The maximum atomic E-state index is 14.0. The van der Waals surface area contributed by atoms with Crippen LogP contribution in [0.4, 0.5) is 5.69 Å². The first kappa shape index (κ1) is 30.7. The van der Waals surface area contributed by atoms with Gasteiger partial charge in [0.1, 0.15) is 12.6 Å². The van der Waals surface area contributed by atoms with Crippen molar-refractivity contribution in [2.75, 3.05) is 23.7 Å². The predicted octanol–water partition coefficient (Wildman–Crippen LogP) is 5.42. The molecular formula is C29H33BrClN3O4S. The first-order valence-corrected chi connectivity index (χ1v) is 15.7. The van der Waals surface area contributed by atoms with Gasteiger partial charge in [-0.15, -0.1) is 0 Å². The monoisotopic (exact) mass is 633 g/mol. The highest BCUT2D eigenvalue weighted by molar-refractivity contribution is 9.10. The second-order valence-electron chi connectivity index (χ2n) is 9.21. The fourth-order valence-corrected chi connectivity index (χ4v) is 5.40. The van der Waals surface area contributed by atoms with Crippen molar-refractivity contribution in [3.05, 3.63) is 99.5 Å². The first-order valence-electron chi connectivity index (χ1n) is 12.7. The number of nitrogens with one attached hydrogen (secondary N) is 1. The summed E-state index contributed by atoms with van der Waals surface area (Å²) in [5.74, 6) is -0.822. The number of halogens is 2. The Bertz CT molecular complexity index is 1350. The van der Waals surface area contributed by atoms with Crippen LogP contribution >= 0.6 is 27.5 Å². The van der Waals surface area contributed by atoms with Crippen molar-refractivity contribution in [1.82, 2.24) is 10.2 Å². The third-order valence-electron chi connectivity index (χ3n) is 6.19. The summed E-state index contributed by atoms with van der Waals surface area (Å²) in [6.45, 7) is 2.07. The molecule has 0 bridgehead atoms. The van der Waals surface area contributed by atoms with E-state index >= 15 is 0 Å². The van der Waals surface area contributed by atoms with E-state index in [2.05, 4.69) is 21.2 Å². The Morgan fingerprint density at radius 3 is 2.23 bits per heavy atom. The number of unbranched alkanes of at least 4 members (excludes halogenated alkanes) is 1. The number of benzene rings is 3. The molecule has 0 fully saturated rings. The lowest BCUT2D eigenvalue weighted by Crippen LogP contribution is -2.53. The molecule has 0 spiro atoms. The number of hydrogen-bond acceptors (Lipinski definition) is 4. The van der Waals surface area contributed by atoms with Gasteiger partial charge in [0.05, 0.1) is 11.9 Å². The van der Waals surface area contributed by atoms with E-state index in [0.717, 1.165) is 33.4 Å². The lowest BCUT2D eigenvalue weighted by molar-refractivity contribution is -0.140. The van der Waals surface area contributed by atoms with Crippen molar-refractivity contribution >= 4 is 55.1 Å². The summed E-state index contributed by atoms with van der Waals surface area (Å²) in [7, 11) is -3.82. The lowest BCUT2D eigenvalue weighted by Gasteiger charge is -2.33. The largest absolute Gasteiger partial charge is 0.354 e. The summed E-state index contributed by atoms with van der Waals surface area (Å²) in [4.78, 5) is 29.0. The zero-order chi connectivity index (χ0) is 28.4. The fraction of sp³-hybridized carbons (Fsp3) is 0.310. The number of rotatable bonds is 13. The Morgan fingerprint density at radius 2 is 1.62 bits per heavy atom.